The Kier molecular flexibility index (Phi) is 12.2. The number of hydrogen-bond acceptors (Lipinski definition) is 3. The zero-order valence-electron chi connectivity index (χ0n) is 16.6. The maximum absolute atomic E-state index is 12.2. The van der Waals surface area contributed by atoms with Crippen LogP contribution in [0.3, 0.4) is 0 Å². The van der Waals surface area contributed by atoms with Crippen molar-refractivity contribution in [2.24, 2.45) is 0 Å². The maximum atomic E-state index is 12.2. The van der Waals surface area contributed by atoms with Gasteiger partial charge in [-0.05, 0) is 18.6 Å². The number of anilines is 1. The van der Waals surface area contributed by atoms with Gasteiger partial charge in [-0.15, -0.1) is 0 Å². The Morgan fingerprint density at radius 1 is 0.808 bits per heavy atom. The highest BCUT2D eigenvalue weighted by molar-refractivity contribution is 7.92. The highest BCUT2D eigenvalue weighted by Gasteiger charge is 2.12. The van der Waals surface area contributed by atoms with Gasteiger partial charge in [0.1, 0.15) is 5.75 Å². The monoisotopic (exact) mass is 383 g/mol. The van der Waals surface area contributed by atoms with Gasteiger partial charge in [0.05, 0.1) is 18.6 Å². The summed E-state index contributed by atoms with van der Waals surface area (Å²) in [4.78, 5) is 0. The molecule has 0 aliphatic heterocycles. The molecule has 0 heterocycles. The molecular formula is C21H37NO3S. The molecule has 1 aromatic rings. The molecule has 0 aromatic heterocycles. The van der Waals surface area contributed by atoms with Crippen molar-refractivity contribution in [2.45, 2.75) is 84.0 Å². The fourth-order valence-electron chi connectivity index (χ4n) is 3.08. The Morgan fingerprint density at radius 2 is 1.31 bits per heavy atom. The van der Waals surface area contributed by atoms with E-state index in [1.807, 2.05) is 6.07 Å². The number of nitrogens with one attached hydrogen (secondary N) is 1. The summed E-state index contributed by atoms with van der Waals surface area (Å²) in [6.45, 7) is 2.25. The van der Waals surface area contributed by atoms with Gasteiger partial charge in [-0.3, -0.25) is 4.72 Å². The zero-order chi connectivity index (χ0) is 19.1. The summed E-state index contributed by atoms with van der Waals surface area (Å²) >= 11 is 0. The molecule has 0 saturated carbocycles. The van der Waals surface area contributed by atoms with Crippen LogP contribution >= 0.6 is 0 Å². The summed E-state index contributed by atoms with van der Waals surface area (Å²) < 4.78 is 32.2. The van der Waals surface area contributed by atoms with E-state index in [0.717, 1.165) is 12.8 Å². The van der Waals surface area contributed by atoms with E-state index in [0.29, 0.717) is 17.9 Å². The average Bonchev–Trinajstić information content (AvgIpc) is 2.62. The Balaban J connectivity index is 2.06. The Hall–Kier alpha value is -1.23. The van der Waals surface area contributed by atoms with Gasteiger partial charge in [-0.25, -0.2) is 8.42 Å². The minimum absolute atomic E-state index is 0.169. The predicted octanol–water partition coefficient (Wildman–Crippen LogP) is 6.14. The summed E-state index contributed by atoms with van der Waals surface area (Å²) in [5.74, 6) is 0.716. The van der Waals surface area contributed by atoms with Crippen LogP contribution in [0.4, 0.5) is 5.69 Å². The number of sulfonamides is 1. The average molecular weight is 384 g/mol. The van der Waals surface area contributed by atoms with Crippen LogP contribution in [0.15, 0.2) is 24.3 Å². The topological polar surface area (TPSA) is 55.4 Å². The lowest BCUT2D eigenvalue weighted by Gasteiger charge is -2.11. The number of para-hydroxylation sites is 2. The van der Waals surface area contributed by atoms with E-state index < -0.39 is 10.0 Å². The minimum Gasteiger partial charge on any atom is -0.495 e. The third-order valence-corrected chi connectivity index (χ3v) is 6.00. The predicted molar refractivity (Wildman–Crippen MR) is 111 cm³/mol. The van der Waals surface area contributed by atoms with Crippen molar-refractivity contribution in [1.82, 2.24) is 0 Å². The second-order valence-electron chi connectivity index (χ2n) is 7.01. The third kappa shape index (κ3) is 10.7. The Morgan fingerprint density at radius 3 is 1.85 bits per heavy atom. The SMILES string of the molecule is CCCCCCCCCCCCCCS(=O)(=O)Nc1ccccc1OC. The van der Waals surface area contributed by atoms with Gasteiger partial charge in [0.2, 0.25) is 10.0 Å². The summed E-state index contributed by atoms with van der Waals surface area (Å²) in [6, 6.07) is 7.09. The lowest BCUT2D eigenvalue weighted by Crippen LogP contribution is -2.17. The molecule has 1 aromatic carbocycles. The second-order valence-corrected chi connectivity index (χ2v) is 8.85. The van der Waals surface area contributed by atoms with Crippen molar-refractivity contribution in [2.75, 3.05) is 17.6 Å². The van der Waals surface area contributed by atoms with E-state index in [9.17, 15) is 8.42 Å². The van der Waals surface area contributed by atoms with Crippen molar-refractivity contribution < 1.29 is 13.2 Å². The standard InChI is InChI=1S/C21H37NO3S/c1-3-4-5-6-7-8-9-10-11-12-13-16-19-26(23,24)22-20-17-14-15-18-21(20)25-2/h14-15,17-18,22H,3-13,16,19H2,1-2H3. The van der Waals surface area contributed by atoms with Crippen LogP contribution in [0.5, 0.6) is 5.75 Å². The van der Waals surface area contributed by atoms with E-state index in [4.69, 9.17) is 4.74 Å². The van der Waals surface area contributed by atoms with E-state index in [1.54, 1.807) is 25.3 Å². The molecule has 0 radical (unpaired) electrons. The number of hydrogen-bond donors (Lipinski definition) is 1. The first kappa shape index (κ1) is 22.8. The van der Waals surface area contributed by atoms with Crippen LogP contribution in [0.25, 0.3) is 0 Å². The van der Waals surface area contributed by atoms with Gasteiger partial charge in [0.15, 0.2) is 0 Å². The normalized spacial score (nSPS) is 11.5. The van der Waals surface area contributed by atoms with Gasteiger partial charge in [0, 0.05) is 0 Å². The quantitative estimate of drug-likeness (QED) is 0.349. The van der Waals surface area contributed by atoms with Gasteiger partial charge in [0.25, 0.3) is 0 Å². The van der Waals surface area contributed by atoms with Crippen molar-refractivity contribution in [1.29, 1.82) is 0 Å². The Bertz CT molecular complexity index is 572. The van der Waals surface area contributed by atoms with Crippen molar-refractivity contribution in [3.05, 3.63) is 24.3 Å². The highest BCUT2D eigenvalue weighted by Crippen LogP contribution is 2.24. The van der Waals surface area contributed by atoms with Crippen molar-refractivity contribution in [3.63, 3.8) is 0 Å². The molecule has 4 nitrogen and oxygen atoms in total. The molecule has 0 aliphatic carbocycles. The van der Waals surface area contributed by atoms with Crippen LogP contribution in [0, 0.1) is 0 Å². The summed E-state index contributed by atoms with van der Waals surface area (Å²) in [7, 11) is -1.77. The van der Waals surface area contributed by atoms with Crippen LogP contribution in [0.1, 0.15) is 84.0 Å². The molecule has 0 spiro atoms. The van der Waals surface area contributed by atoms with E-state index in [1.165, 1.54) is 57.8 Å². The zero-order valence-corrected chi connectivity index (χ0v) is 17.5. The van der Waals surface area contributed by atoms with Crippen LogP contribution in [0.2, 0.25) is 0 Å². The molecule has 0 amide bonds. The molecule has 1 N–H and O–H groups in total. The highest BCUT2D eigenvalue weighted by atomic mass is 32.2. The molecule has 0 unspecified atom stereocenters. The van der Waals surface area contributed by atoms with Gasteiger partial charge >= 0.3 is 0 Å². The van der Waals surface area contributed by atoms with E-state index in [2.05, 4.69) is 11.6 Å². The lowest BCUT2D eigenvalue weighted by molar-refractivity contribution is 0.417. The van der Waals surface area contributed by atoms with E-state index >= 15 is 0 Å². The van der Waals surface area contributed by atoms with E-state index in [-0.39, 0.29) is 5.75 Å². The second kappa shape index (κ2) is 13.9. The summed E-state index contributed by atoms with van der Waals surface area (Å²) in [5, 5.41) is 0. The summed E-state index contributed by atoms with van der Waals surface area (Å²) in [5.41, 5.74) is 0.508. The molecule has 0 aliphatic rings. The van der Waals surface area contributed by atoms with Gasteiger partial charge < -0.3 is 4.74 Å². The van der Waals surface area contributed by atoms with Crippen LogP contribution in [-0.4, -0.2) is 21.3 Å². The number of unbranched alkanes of at least 4 members (excludes halogenated alkanes) is 11. The fraction of sp³-hybridized carbons (Fsp3) is 0.714. The minimum atomic E-state index is -3.31. The molecule has 0 bridgehead atoms. The number of benzene rings is 1. The molecule has 0 atom stereocenters. The van der Waals surface area contributed by atoms with Gasteiger partial charge in [-0.2, -0.15) is 0 Å². The fourth-order valence-corrected chi connectivity index (χ4v) is 4.27. The third-order valence-electron chi connectivity index (χ3n) is 4.64. The number of methoxy groups -OCH3 is 1. The first-order valence-corrected chi connectivity index (χ1v) is 11.9. The van der Waals surface area contributed by atoms with Crippen molar-refractivity contribution in [3.8, 4) is 5.75 Å². The smallest absolute Gasteiger partial charge is 0.232 e. The molecule has 150 valence electrons. The van der Waals surface area contributed by atoms with Crippen molar-refractivity contribution >= 4 is 15.7 Å². The van der Waals surface area contributed by atoms with Gasteiger partial charge in [-0.1, -0.05) is 89.7 Å². The van der Waals surface area contributed by atoms with Crippen LogP contribution < -0.4 is 9.46 Å². The maximum Gasteiger partial charge on any atom is 0.232 e. The molecule has 0 saturated heterocycles. The Labute approximate surface area is 160 Å². The molecular weight excluding hydrogens is 346 g/mol. The molecule has 26 heavy (non-hydrogen) atoms. The number of rotatable bonds is 16. The summed E-state index contributed by atoms with van der Waals surface area (Å²) in [6.07, 6.45) is 14.8. The molecule has 0 fully saturated rings. The first-order chi connectivity index (χ1) is 12.6. The molecule has 5 heteroatoms. The first-order valence-electron chi connectivity index (χ1n) is 10.2. The lowest BCUT2D eigenvalue weighted by atomic mass is 10.1. The number of ether oxygens (including phenoxy) is 1. The largest absolute Gasteiger partial charge is 0.495 e. The van der Waals surface area contributed by atoms with Crippen LogP contribution in [-0.2, 0) is 10.0 Å². The molecule has 1 rings (SSSR count).